The van der Waals surface area contributed by atoms with E-state index < -0.39 is 5.82 Å². The van der Waals surface area contributed by atoms with E-state index in [2.05, 4.69) is 5.32 Å². The standard InChI is InChI=1S/C14H21FN2O/c1-9(2)18-14-7-13(12(16)6-11(14)15)17-8-10-4-3-5-10/h6-7,9-10,17H,3-5,8,16H2,1-2H3. The topological polar surface area (TPSA) is 47.3 Å². The van der Waals surface area contributed by atoms with Crippen LogP contribution in [0.3, 0.4) is 0 Å². The molecule has 1 aliphatic rings. The minimum absolute atomic E-state index is 0.0531. The van der Waals surface area contributed by atoms with Crippen LogP contribution in [0.4, 0.5) is 15.8 Å². The zero-order chi connectivity index (χ0) is 13.1. The van der Waals surface area contributed by atoms with Crippen LogP contribution in [-0.2, 0) is 0 Å². The highest BCUT2D eigenvalue weighted by molar-refractivity contribution is 5.68. The lowest BCUT2D eigenvalue weighted by Crippen LogP contribution is -2.21. The Hall–Kier alpha value is -1.45. The van der Waals surface area contributed by atoms with Gasteiger partial charge >= 0.3 is 0 Å². The number of rotatable bonds is 5. The van der Waals surface area contributed by atoms with Gasteiger partial charge in [0.1, 0.15) is 0 Å². The van der Waals surface area contributed by atoms with Crippen molar-refractivity contribution in [3.63, 3.8) is 0 Å². The molecule has 0 bridgehead atoms. The van der Waals surface area contributed by atoms with Crippen molar-refractivity contribution in [2.45, 2.75) is 39.2 Å². The van der Waals surface area contributed by atoms with Crippen molar-refractivity contribution < 1.29 is 9.13 Å². The molecule has 1 aromatic rings. The van der Waals surface area contributed by atoms with E-state index in [1.165, 1.54) is 25.3 Å². The molecule has 1 aliphatic carbocycles. The van der Waals surface area contributed by atoms with E-state index in [0.29, 0.717) is 5.69 Å². The number of hydrogen-bond acceptors (Lipinski definition) is 3. The van der Waals surface area contributed by atoms with Gasteiger partial charge in [-0.1, -0.05) is 6.42 Å². The van der Waals surface area contributed by atoms with Crippen molar-refractivity contribution in [3.8, 4) is 5.75 Å². The van der Waals surface area contributed by atoms with Crippen LogP contribution in [-0.4, -0.2) is 12.6 Å². The molecule has 3 N–H and O–H groups in total. The number of nitrogen functional groups attached to an aromatic ring is 1. The van der Waals surface area contributed by atoms with Crippen LogP contribution >= 0.6 is 0 Å². The van der Waals surface area contributed by atoms with E-state index in [1.54, 1.807) is 6.07 Å². The third kappa shape index (κ3) is 3.06. The average molecular weight is 252 g/mol. The Morgan fingerprint density at radius 1 is 1.44 bits per heavy atom. The van der Waals surface area contributed by atoms with Crippen LogP contribution in [0.5, 0.6) is 5.75 Å². The smallest absolute Gasteiger partial charge is 0.167 e. The zero-order valence-electron chi connectivity index (χ0n) is 11.0. The molecule has 0 unspecified atom stereocenters. The highest BCUT2D eigenvalue weighted by Gasteiger charge is 2.18. The summed E-state index contributed by atoms with van der Waals surface area (Å²) in [5, 5.41) is 3.28. The third-order valence-corrected chi connectivity index (χ3v) is 3.27. The highest BCUT2D eigenvalue weighted by Crippen LogP contribution is 2.31. The molecule has 0 aliphatic heterocycles. The Morgan fingerprint density at radius 3 is 2.72 bits per heavy atom. The lowest BCUT2D eigenvalue weighted by molar-refractivity contribution is 0.231. The molecule has 0 saturated heterocycles. The maximum atomic E-state index is 13.6. The quantitative estimate of drug-likeness (QED) is 0.789. The Balaban J connectivity index is 2.07. The largest absolute Gasteiger partial charge is 0.488 e. The van der Waals surface area contributed by atoms with E-state index in [0.717, 1.165) is 18.2 Å². The van der Waals surface area contributed by atoms with E-state index in [1.807, 2.05) is 13.8 Å². The maximum absolute atomic E-state index is 13.6. The summed E-state index contributed by atoms with van der Waals surface area (Å²) in [6, 6.07) is 2.98. The third-order valence-electron chi connectivity index (χ3n) is 3.27. The van der Waals surface area contributed by atoms with Crippen molar-refractivity contribution in [3.05, 3.63) is 17.9 Å². The van der Waals surface area contributed by atoms with Crippen molar-refractivity contribution in [1.29, 1.82) is 0 Å². The summed E-state index contributed by atoms with van der Waals surface area (Å²) in [4.78, 5) is 0. The molecular weight excluding hydrogens is 231 g/mol. The molecule has 0 aromatic heterocycles. The van der Waals surface area contributed by atoms with E-state index in [4.69, 9.17) is 10.5 Å². The van der Waals surface area contributed by atoms with Gasteiger partial charge in [0.25, 0.3) is 0 Å². The van der Waals surface area contributed by atoms with Crippen molar-refractivity contribution in [1.82, 2.24) is 0 Å². The highest BCUT2D eigenvalue weighted by atomic mass is 19.1. The lowest BCUT2D eigenvalue weighted by atomic mass is 9.85. The molecule has 100 valence electrons. The number of halogens is 1. The monoisotopic (exact) mass is 252 g/mol. The van der Waals surface area contributed by atoms with Crippen LogP contribution in [0.1, 0.15) is 33.1 Å². The predicted octanol–water partition coefficient (Wildman–Crippen LogP) is 3.41. The van der Waals surface area contributed by atoms with E-state index >= 15 is 0 Å². The molecule has 3 nitrogen and oxygen atoms in total. The average Bonchev–Trinajstić information content (AvgIpc) is 2.21. The van der Waals surface area contributed by atoms with Crippen LogP contribution in [0.25, 0.3) is 0 Å². The first-order valence-corrected chi connectivity index (χ1v) is 6.56. The molecular formula is C14H21FN2O. The molecule has 0 amide bonds. The molecule has 1 fully saturated rings. The number of anilines is 2. The summed E-state index contributed by atoms with van der Waals surface area (Å²) < 4.78 is 19.1. The molecule has 0 atom stereocenters. The fourth-order valence-corrected chi connectivity index (χ4v) is 2.02. The molecule has 4 heteroatoms. The zero-order valence-corrected chi connectivity index (χ0v) is 11.0. The number of ether oxygens (including phenoxy) is 1. The SMILES string of the molecule is CC(C)Oc1cc(NCC2CCC2)c(N)cc1F. The second-order valence-corrected chi connectivity index (χ2v) is 5.21. The molecule has 2 rings (SSSR count). The Bertz CT molecular complexity index is 417. The van der Waals surface area contributed by atoms with Crippen LogP contribution in [0.2, 0.25) is 0 Å². The number of nitrogens with two attached hydrogens (primary N) is 1. The minimum Gasteiger partial charge on any atom is -0.488 e. The van der Waals surface area contributed by atoms with Crippen molar-refractivity contribution in [2.24, 2.45) is 5.92 Å². The van der Waals surface area contributed by atoms with Crippen LogP contribution in [0, 0.1) is 11.7 Å². The molecule has 1 saturated carbocycles. The summed E-state index contributed by atoms with van der Waals surface area (Å²) in [5.74, 6) is 0.578. The Kier molecular flexibility index (Phi) is 3.94. The van der Waals surface area contributed by atoms with Gasteiger partial charge in [-0.15, -0.1) is 0 Å². The maximum Gasteiger partial charge on any atom is 0.167 e. The Morgan fingerprint density at radius 2 is 2.17 bits per heavy atom. The van der Waals surface area contributed by atoms with Gasteiger partial charge in [-0.2, -0.15) is 0 Å². The van der Waals surface area contributed by atoms with Crippen LogP contribution in [0.15, 0.2) is 12.1 Å². The van der Waals surface area contributed by atoms with Gasteiger partial charge in [0.05, 0.1) is 17.5 Å². The summed E-state index contributed by atoms with van der Waals surface area (Å²) in [7, 11) is 0. The van der Waals surface area contributed by atoms with Gasteiger partial charge in [-0.3, -0.25) is 0 Å². The molecule has 0 heterocycles. The number of nitrogens with one attached hydrogen (secondary N) is 1. The summed E-state index contributed by atoms with van der Waals surface area (Å²) in [6.07, 6.45) is 3.79. The first kappa shape index (κ1) is 13.0. The molecule has 0 radical (unpaired) electrons. The second-order valence-electron chi connectivity index (χ2n) is 5.21. The minimum atomic E-state index is -0.407. The van der Waals surface area contributed by atoms with Gasteiger partial charge in [0.2, 0.25) is 0 Å². The first-order chi connectivity index (χ1) is 8.56. The fraction of sp³-hybridized carbons (Fsp3) is 0.571. The van der Waals surface area contributed by atoms with Gasteiger partial charge in [-0.05, 0) is 32.6 Å². The van der Waals surface area contributed by atoms with Crippen LogP contribution < -0.4 is 15.8 Å². The predicted molar refractivity (Wildman–Crippen MR) is 72.4 cm³/mol. The molecule has 18 heavy (non-hydrogen) atoms. The normalized spacial score (nSPS) is 15.6. The summed E-state index contributed by atoms with van der Waals surface area (Å²) in [6.45, 7) is 4.64. The van der Waals surface area contributed by atoms with E-state index in [9.17, 15) is 4.39 Å². The number of hydrogen-bond donors (Lipinski definition) is 2. The summed E-state index contributed by atoms with van der Waals surface area (Å²) >= 11 is 0. The van der Waals surface area contributed by atoms with Gasteiger partial charge in [0.15, 0.2) is 11.6 Å². The lowest BCUT2D eigenvalue weighted by Gasteiger charge is -2.26. The van der Waals surface area contributed by atoms with Crippen molar-refractivity contribution >= 4 is 11.4 Å². The summed E-state index contributed by atoms with van der Waals surface area (Å²) in [5.41, 5.74) is 7.00. The van der Waals surface area contributed by atoms with Gasteiger partial charge in [0, 0.05) is 18.7 Å². The van der Waals surface area contributed by atoms with Gasteiger partial charge < -0.3 is 15.8 Å². The first-order valence-electron chi connectivity index (χ1n) is 6.56. The van der Waals surface area contributed by atoms with Crippen molar-refractivity contribution in [2.75, 3.05) is 17.6 Å². The number of benzene rings is 1. The van der Waals surface area contributed by atoms with Gasteiger partial charge in [-0.25, -0.2) is 4.39 Å². The molecule has 0 spiro atoms. The van der Waals surface area contributed by atoms with E-state index in [-0.39, 0.29) is 11.9 Å². The fourth-order valence-electron chi connectivity index (χ4n) is 2.02. The molecule has 1 aromatic carbocycles. The second kappa shape index (κ2) is 5.46. The Labute approximate surface area is 108 Å².